The lowest BCUT2D eigenvalue weighted by Crippen LogP contribution is -2.35. The summed E-state index contributed by atoms with van der Waals surface area (Å²) >= 11 is 6.01. The topological polar surface area (TPSA) is 20.3 Å². The summed E-state index contributed by atoms with van der Waals surface area (Å²) in [5.74, 6) is 0.148. The summed E-state index contributed by atoms with van der Waals surface area (Å²) in [4.78, 5) is 15.5. The molecule has 2 aromatic carbocycles. The fourth-order valence-electron chi connectivity index (χ4n) is 4.85. The number of benzene rings is 2. The van der Waals surface area contributed by atoms with Crippen molar-refractivity contribution in [3.05, 3.63) is 76.8 Å². The summed E-state index contributed by atoms with van der Waals surface area (Å²) in [6.07, 6.45) is 5.36. The molecule has 2 aliphatic rings. The molecular weight excluding hydrogens is 342 g/mol. The van der Waals surface area contributed by atoms with Crippen LogP contribution >= 0.6 is 11.6 Å². The quantitative estimate of drug-likeness (QED) is 0.661. The molecule has 2 aromatic rings. The lowest BCUT2D eigenvalue weighted by Gasteiger charge is -2.37. The van der Waals surface area contributed by atoms with E-state index in [1.54, 1.807) is 0 Å². The van der Waals surface area contributed by atoms with Crippen LogP contribution in [0.2, 0.25) is 5.02 Å². The molecule has 1 fully saturated rings. The van der Waals surface area contributed by atoms with Gasteiger partial charge in [0.1, 0.15) is 0 Å². The highest BCUT2D eigenvalue weighted by molar-refractivity contribution is 6.30. The van der Waals surface area contributed by atoms with Gasteiger partial charge in [-0.15, -0.1) is 0 Å². The van der Waals surface area contributed by atoms with Crippen molar-refractivity contribution in [2.45, 2.75) is 45.2 Å². The first-order valence-corrected chi connectivity index (χ1v) is 9.83. The highest BCUT2D eigenvalue weighted by Crippen LogP contribution is 2.57. The second kappa shape index (κ2) is 6.59. The highest BCUT2D eigenvalue weighted by Gasteiger charge is 2.54. The molecule has 1 amide bonds. The molecule has 3 heteroatoms. The number of amides is 1. The van der Waals surface area contributed by atoms with Crippen LogP contribution in [0.5, 0.6) is 0 Å². The maximum Gasteiger partial charge on any atom is 0.255 e. The molecule has 0 aromatic heterocycles. The van der Waals surface area contributed by atoms with Gasteiger partial charge in [0.2, 0.25) is 0 Å². The summed E-state index contributed by atoms with van der Waals surface area (Å²) in [6, 6.07) is 18.4. The minimum absolute atomic E-state index is 0.136. The number of carbonyl (C=O) groups is 1. The minimum atomic E-state index is 0.136. The van der Waals surface area contributed by atoms with Gasteiger partial charge in [0, 0.05) is 10.6 Å². The SMILES string of the molecule is CCC1(CC)CC2C=C(c3ccc(Cl)cc3)C(=O)N2C1c1ccccc1. The third-order valence-corrected chi connectivity index (χ3v) is 6.59. The molecule has 0 bridgehead atoms. The number of halogens is 1. The Kier molecular flexibility index (Phi) is 4.40. The third kappa shape index (κ3) is 2.59. The van der Waals surface area contributed by atoms with E-state index in [0.29, 0.717) is 5.02 Å². The predicted molar refractivity (Wildman–Crippen MR) is 107 cm³/mol. The van der Waals surface area contributed by atoms with Gasteiger partial charge in [-0.05, 0) is 54.0 Å². The Morgan fingerprint density at radius 2 is 1.69 bits per heavy atom. The molecule has 2 unspecified atom stereocenters. The zero-order valence-corrected chi connectivity index (χ0v) is 16.0. The van der Waals surface area contributed by atoms with Gasteiger partial charge in [0.15, 0.2) is 0 Å². The number of nitrogens with zero attached hydrogens (tertiary/aromatic N) is 1. The maximum atomic E-state index is 13.4. The van der Waals surface area contributed by atoms with Crippen molar-refractivity contribution in [1.82, 2.24) is 4.90 Å². The van der Waals surface area contributed by atoms with Crippen molar-refractivity contribution in [3.8, 4) is 0 Å². The maximum absolute atomic E-state index is 13.4. The van der Waals surface area contributed by atoms with Gasteiger partial charge in [-0.3, -0.25) is 4.79 Å². The Morgan fingerprint density at radius 3 is 2.31 bits per heavy atom. The average molecular weight is 366 g/mol. The van der Waals surface area contributed by atoms with E-state index in [1.807, 2.05) is 30.3 Å². The van der Waals surface area contributed by atoms with Crippen LogP contribution in [0.4, 0.5) is 0 Å². The number of fused-ring (bicyclic) bond motifs is 1. The average Bonchev–Trinajstić information content (AvgIpc) is 3.17. The first-order chi connectivity index (χ1) is 12.6. The van der Waals surface area contributed by atoms with Crippen LogP contribution in [0.15, 0.2) is 60.7 Å². The van der Waals surface area contributed by atoms with Crippen LogP contribution in [0.25, 0.3) is 5.57 Å². The van der Waals surface area contributed by atoms with Crippen LogP contribution in [-0.4, -0.2) is 16.8 Å². The van der Waals surface area contributed by atoms with E-state index in [1.165, 1.54) is 5.56 Å². The number of rotatable bonds is 4. The van der Waals surface area contributed by atoms with Crippen molar-refractivity contribution in [2.24, 2.45) is 5.41 Å². The molecule has 2 nitrogen and oxygen atoms in total. The predicted octanol–water partition coefficient (Wildman–Crippen LogP) is 5.89. The monoisotopic (exact) mass is 365 g/mol. The van der Waals surface area contributed by atoms with Crippen molar-refractivity contribution < 1.29 is 4.79 Å². The Balaban J connectivity index is 1.76. The largest absolute Gasteiger partial charge is 0.325 e. The summed E-state index contributed by atoms with van der Waals surface area (Å²) in [5.41, 5.74) is 3.16. The Labute approximate surface area is 160 Å². The minimum Gasteiger partial charge on any atom is -0.325 e. The van der Waals surface area contributed by atoms with E-state index in [9.17, 15) is 4.79 Å². The van der Waals surface area contributed by atoms with E-state index in [-0.39, 0.29) is 23.4 Å². The number of carbonyl (C=O) groups excluding carboxylic acids is 1. The summed E-state index contributed by atoms with van der Waals surface area (Å²) in [7, 11) is 0. The van der Waals surface area contributed by atoms with Crippen molar-refractivity contribution >= 4 is 23.1 Å². The number of hydrogen-bond donors (Lipinski definition) is 0. The van der Waals surface area contributed by atoms with Gasteiger partial charge in [0.05, 0.1) is 12.1 Å². The van der Waals surface area contributed by atoms with Crippen LogP contribution in [0.3, 0.4) is 0 Å². The molecule has 26 heavy (non-hydrogen) atoms. The van der Waals surface area contributed by atoms with Gasteiger partial charge < -0.3 is 4.90 Å². The first kappa shape index (κ1) is 17.4. The normalized spacial score (nSPS) is 23.9. The van der Waals surface area contributed by atoms with Crippen molar-refractivity contribution in [3.63, 3.8) is 0 Å². The molecular formula is C23H24ClNO. The fourth-order valence-corrected chi connectivity index (χ4v) is 4.97. The van der Waals surface area contributed by atoms with Crippen molar-refractivity contribution in [2.75, 3.05) is 0 Å². The van der Waals surface area contributed by atoms with Crippen molar-refractivity contribution in [1.29, 1.82) is 0 Å². The van der Waals surface area contributed by atoms with Gasteiger partial charge >= 0.3 is 0 Å². The number of hydrogen-bond acceptors (Lipinski definition) is 1. The summed E-state index contributed by atoms with van der Waals surface area (Å²) in [6.45, 7) is 4.52. The Morgan fingerprint density at radius 1 is 1.04 bits per heavy atom. The van der Waals surface area contributed by atoms with Crippen LogP contribution in [-0.2, 0) is 4.79 Å². The van der Waals surface area contributed by atoms with Gasteiger partial charge in [-0.25, -0.2) is 0 Å². The van der Waals surface area contributed by atoms with Gasteiger partial charge in [0.25, 0.3) is 5.91 Å². The summed E-state index contributed by atoms with van der Waals surface area (Å²) in [5, 5.41) is 0.693. The van der Waals surface area contributed by atoms with Gasteiger partial charge in [-0.2, -0.15) is 0 Å². The molecule has 4 rings (SSSR count). The third-order valence-electron chi connectivity index (χ3n) is 6.33. The zero-order valence-electron chi connectivity index (χ0n) is 15.3. The zero-order chi connectivity index (χ0) is 18.3. The van der Waals surface area contributed by atoms with E-state index in [4.69, 9.17) is 11.6 Å². The molecule has 134 valence electrons. The van der Waals surface area contributed by atoms with Crippen LogP contribution in [0.1, 0.15) is 50.3 Å². The lowest BCUT2D eigenvalue weighted by molar-refractivity contribution is -0.127. The summed E-state index contributed by atoms with van der Waals surface area (Å²) < 4.78 is 0. The van der Waals surface area contributed by atoms with E-state index < -0.39 is 0 Å². The lowest BCUT2D eigenvalue weighted by atomic mass is 9.72. The second-order valence-corrected chi connectivity index (χ2v) is 7.89. The Hall–Kier alpha value is -2.06. The molecule has 0 N–H and O–H groups in total. The highest BCUT2D eigenvalue weighted by atomic mass is 35.5. The van der Waals surface area contributed by atoms with E-state index in [2.05, 4.69) is 49.1 Å². The molecule has 2 heterocycles. The first-order valence-electron chi connectivity index (χ1n) is 9.45. The molecule has 2 aliphatic heterocycles. The molecule has 2 atom stereocenters. The fraction of sp³-hybridized carbons (Fsp3) is 0.348. The smallest absolute Gasteiger partial charge is 0.255 e. The standard InChI is InChI=1S/C23H24ClNO/c1-3-23(4-2)15-19-14-20(16-10-12-18(24)13-11-16)22(26)25(19)21(23)17-8-6-5-7-9-17/h5-14,19,21H,3-4,15H2,1-2H3. The molecule has 0 saturated carbocycles. The molecule has 0 aliphatic carbocycles. The van der Waals surface area contributed by atoms with E-state index >= 15 is 0 Å². The molecule has 0 radical (unpaired) electrons. The van der Waals surface area contributed by atoms with Crippen LogP contribution < -0.4 is 0 Å². The molecule has 1 saturated heterocycles. The Bertz CT molecular complexity index is 836. The van der Waals surface area contributed by atoms with Gasteiger partial charge in [-0.1, -0.05) is 67.9 Å². The molecule has 0 spiro atoms. The van der Waals surface area contributed by atoms with Crippen LogP contribution in [0, 0.1) is 5.41 Å². The second-order valence-electron chi connectivity index (χ2n) is 7.45. The van der Waals surface area contributed by atoms with E-state index in [0.717, 1.165) is 30.4 Å².